The van der Waals surface area contributed by atoms with Crippen LogP contribution in [0.3, 0.4) is 0 Å². The van der Waals surface area contributed by atoms with E-state index in [9.17, 15) is 4.79 Å². The molecule has 5 heteroatoms. The Morgan fingerprint density at radius 2 is 1.66 bits per heavy atom. The number of ether oxygens (including phenoxy) is 1. The van der Waals surface area contributed by atoms with Gasteiger partial charge in [-0.2, -0.15) is 0 Å². The summed E-state index contributed by atoms with van der Waals surface area (Å²) in [5, 5.41) is 0. The fraction of sp³-hybridized carbons (Fsp3) is 0.519. The van der Waals surface area contributed by atoms with Crippen LogP contribution in [0.4, 0.5) is 4.79 Å². The third kappa shape index (κ3) is 5.63. The molecule has 2 amide bonds. The molecule has 5 nitrogen and oxygen atoms in total. The van der Waals surface area contributed by atoms with E-state index in [0.717, 1.165) is 50.2 Å². The zero-order valence-corrected chi connectivity index (χ0v) is 20.4. The van der Waals surface area contributed by atoms with Crippen LogP contribution in [0.15, 0.2) is 54.6 Å². The molecule has 0 spiro atoms. The second kappa shape index (κ2) is 10.9. The van der Waals surface area contributed by atoms with Crippen LogP contribution in [0.2, 0.25) is 0 Å². The highest BCUT2D eigenvalue weighted by Gasteiger charge is 2.37. The number of rotatable bonds is 7. The van der Waals surface area contributed by atoms with Crippen molar-refractivity contribution >= 4 is 6.03 Å². The summed E-state index contributed by atoms with van der Waals surface area (Å²) in [6, 6.07) is 19.0. The summed E-state index contributed by atoms with van der Waals surface area (Å²) in [4.78, 5) is 20.1. The number of benzene rings is 2. The summed E-state index contributed by atoms with van der Waals surface area (Å²) in [6.07, 6.45) is 2.91. The summed E-state index contributed by atoms with van der Waals surface area (Å²) in [5.41, 5.74) is 2.39. The molecule has 32 heavy (non-hydrogen) atoms. The molecule has 2 aromatic carbocycles. The minimum Gasteiger partial charge on any atom is -0.497 e. The zero-order chi connectivity index (χ0) is 23.1. The highest BCUT2D eigenvalue weighted by atomic mass is 16.5. The van der Waals surface area contributed by atoms with Crippen LogP contribution in [-0.4, -0.2) is 61.6 Å². The zero-order valence-electron chi connectivity index (χ0n) is 20.4. The number of methoxy groups -OCH3 is 1. The highest BCUT2D eigenvalue weighted by Crippen LogP contribution is 2.36. The van der Waals surface area contributed by atoms with Crippen molar-refractivity contribution in [1.29, 1.82) is 0 Å². The number of carbonyl (C=O) groups is 1. The van der Waals surface area contributed by atoms with Crippen molar-refractivity contribution in [3.63, 3.8) is 0 Å². The van der Waals surface area contributed by atoms with Crippen LogP contribution in [-0.2, 0) is 12.1 Å². The lowest BCUT2D eigenvalue weighted by atomic mass is 9.81. The molecule has 1 aliphatic rings. The number of amides is 2. The van der Waals surface area contributed by atoms with E-state index in [0.29, 0.717) is 12.5 Å². The van der Waals surface area contributed by atoms with Gasteiger partial charge in [-0.15, -0.1) is 0 Å². The van der Waals surface area contributed by atoms with E-state index >= 15 is 0 Å². The molecule has 2 aromatic rings. The smallest absolute Gasteiger partial charge is 0.320 e. The molecular formula is C27H39N3O2. The number of nitrogens with zero attached hydrogens (tertiary/aromatic N) is 3. The Morgan fingerprint density at radius 1 is 0.969 bits per heavy atom. The Kier molecular flexibility index (Phi) is 8.19. The van der Waals surface area contributed by atoms with Crippen molar-refractivity contribution in [2.24, 2.45) is 5.92 Å². The lowest BCUT2D eigenvalue weighted by Gasteiger charge is -2.41. The van der Waals surface area contributed by atoms with Gasteiger partial charge in [-0.1, -0.05) is 56.3 Å². The van der Waals surface area contributed by atoms with Gasteiger partial charge in [0, 0.05) is 31.7 Å². The normalized spacial score (nSPS) is 20.3. The van der Waals surface area contributed by atoms with Gasteiger partial charge in [0.1, 0.15) is 5.75 Å². The lowest BCUT2D eigenvalue weighted by Crippen LogP contribution is -2.47. The quantitative estimate of drug-likeness (QED) is 0.596. The van der Waals surface area contributed by atoms with E-state index in [1.54, 1.807) is 7.11 Å². The first-order valence-electron chi connectivity index (χ1n) is 11.8. The van der Waals surface area contributed by atoms with Gasteiger partial charge in [0.25, 0.3) is 0 Å². The number of carbonyl (C=O) groups excluding carboxylic acids is 1. The Balaban J connectivity index is 1.89. The highest BCUT2D eigenvalue weighted by molar-refractivity contribution is 5.74. The molecule has 1 saturated heterocycles. The first-order valence-corrected chi connectivity index (χ1v) is 11.8. The standard InChI is InChI=1S/C27H39N3O2/c1-22(2)20-30-19-17-27(28(3)4,24-10-7-6-8-11-24)16-9-18-29(26(30)31)21-23-12-14-25(32-5)15-13-23/h6-8,10-15,22H,9,16-21H2,1-5H3. The predicted molar refractivity (Wildman–Crippen MR) is 131 cm³/mol. The molecule has 0 bridgehead atoms. The van der Waals surface area contributed by atoms with Crippen molar-refractivity contribution in [3.05, 3.63) is 65.7 Å². The maximum Gasteiger partial charge on any atom is 0.320 e. The molecule has 174 valence electrons. The molecule has 1 fully saturated rings. The third-order valence-electron chi connectivity index (χ3n) is 6.64. The Labute approximate surface area is 194 Å². The van der Waals surface area contributed by atoms with Crippen LogP contribution < -0.4 is 4.74 Å². The van der Waals surface area contributed by atoms with Gasteiger partial charge in [-0.3, -0.25) is 4.90 Å². The Hall–Kier alpha value is -2.53. The number of hydrogen-bond donors (Lipinski definition) is 0. The van der Waals surface area contributed by atoms with E-state index in [1.807, 2.05) is 17.0 Å². The van der Waals surface area contributed by atoms with Gasteiger partial charge in [-0.05, 0) is 62.5 Å². The first-order chi connectivity index (χ1) is 15.4. The molecule has 0 aromatic heterocycles. The van der Waals surface area contributed by atoms with Gasteiger partial charge < -0.3 is 14.5 Å². The average Bonchev–Trinajstić information content (AvgIpc) is 2.85. The summed E-state index contributed by atoms with van der Waals surface area (Å²) >= 11 is 0. The summed E-state index contributed by atoms with van der Waals surface area (Å²) in [7, 11) is 6.02. The molecule has 0 saturated carbocycles. The first kappa shape index (κ1) is 24.1. The van der Waals surface area contributed by atoms with Crippen LogP contribution in [0.1, 0.15) is 44.2 Å². The minimum absolute atomic E-state index is 0.0765. The molecule has 0 N–H and O–H groups in total. The summed E-state index contributed by atoms with van der Waals surface area (Å²) in [6.45, 7) is 7.27. The van der Waals surface area contributed by atoms with Crippen molar-refractivity contribution in [2.75, 3.05) is 40.8 Å². The van der Waals surface area contributed by atoms with Gasteiger partial charge in [0.15, 0.2) is 0 Å². The van der Waals surface area contributed by atoms with Crippen LogP contribution in [0.5, 0.6) is 5.75 Å². The van der Waals surface area contributed by atoms with Gasteiger partial charge >= 0.3 is 6.03 Å². The molecule has 3 rings (SSSR count). The fourth-order valence-electron chi connectivity index (χ4n) is 4.85. The topological polar surface area (TPSA) is 36.0 Å². The molecule has 1 unspecified atom stereocenters. The maximum atomic E-state index is 13.6. The fourth-order valence-corrected chi connectivity index (χ4v) is 4.85. The molecule has 1 heterocycles. The molecular weight excluding hydrogens is 398 g/mol. The Bertz CT molecular complexity index is 851. The monoisotopic (exact) mass is 437 g/mol. The number of urea groups is 1. The Morgan fingerprint density at radius 3 is 2.25 bits per heavy atom. The van der Waals surface area contributed by atoms with Crippen LogP contribution in [0, 0.1) is 5.92 Å². The van der Waals surface area contributed by atoms with E-state index in [1.165, 1.54) is 5.56 Å². The average molecular weight is 438 g/mol. The molecule has 0 radical (unpaired) electrons. The molecule has 0 aliphatic carbocycles. The van der Waals surface area contributed by atoms with E-state index < -0.39 is 0 Å². The van der Waals surface area contributed by atoms with Crippen molar-refractivity contribution in [1.82, 2.24) is 14.7 Å². The molecule has 1 atom stereocenters. The summed E-state index contributed by atoms with van der Waals surface area (Å²) in [5.74, 6) is 1.26. The largest absolute Gasteiger partial charge is 0.497 e. The van der Waals surface area contributed by atoms with Crippen molar-refractivity contribution < 1.29 is 9.53 Å². The maximum absolute atomic E-state index is 13.6. The molecule has 1 aliphatic heterocycles. The van der Waals surface area contributed by atoms with Crippen LogP contribution >= 0.6 is 0 Å². The van der Waals surface area contributed by atoms with Gasteiger partial charge in [0.05, 0.1) is 7.11 Å². The van der Waals surface area contributed by atoms with E-state index in [4.69, 9.17) is 4.74 Å². The second-order valence-corrected chi connectivity index (χ2v) is 9.54. The van der Waals surface area contributed by atoms with Gasteiger partial charge in [-0.25, -0.2) is 4.79 Å². The third-order valence-corrected chi connectivity index (χ3v) is 6.64. The van der Waals surface area contributed by atoms with Gasteiger partial charge in [0.2, 0.25) is 0 Å². The minimum atomic E-state index is -0.0765. The number of hydrogen-bond acceptors (Lipinski definition) is 3. The van der Waals surface area contributed by atoms with Crippen LogP contribution in [0.25, 0.3) is 0 Å². The second-order valence-electron chi connectivity index (χ2n) is 9.54. The predicted octanol–water partition coefficient (Wildman–Crippen LogP) is 5.22. The van der Waals surface area contributed by atoms with E-state index in [-0.39, 0.29) is 11.6 Å². The SMILES string of the molecule is COc1ccc(CN2CCCC(c3ccccc3)(N(C)C)CCN(CC(C)C)C2=O)cc1. The summed E-state index contributed by atoms with van der Waals surface area (Å²) < 4.78 is 5.29. The lowest BCUT2D eigenvalue weighted by molar-refractivity contribution is 0.109. The van der Waals surface area contributed by atoms with E-state index in [2.05, 4.69) is 80.2 Å². The van der Waals surface area contributed by atoms with Crippen molar-refractivity contribution in [2.45, 2.75) is 45.2 Å². The van der Waals surface area contributed by atoms with Crippen molar-refractivity contribution in [3.8, 4) is 5.75 Å².